The van der Waals surface area contributed by atoms with Crippen LogP contribution in [0.2, 0.25) is 0 Å². The van der Waals surface area contributed by atoms with Crippen LogP contribution >= 0.6 is 0 Å². The van der Waals surface area contributed by atoms with Gasteiger partial charge in [-0.15, -0.1) is 0 Å². The second-order valence-corrected chi connectivity index (χ2v) is 4.38. The molecular formula is C13H19NO2. The Kier molecular flexibility index (Phi) is 4.83. The summed E-state index contributed by atoms with van der Waals surface area (Å²) in [7, 11) is 0. The third kappa shape index (κ3) is 4.82. The fourth-order valence-corrected chi connectivity index (χ4v) is 1.41. The summed E-state index contributed by atoms with van der Waals surface area (Å²) in [4.78, 5) is 11.5. The molecule has 3 nitrogen and oxygen atoms in total. The molecule has 0 aromatic heterocycles. The normalized spacial score (nSPS) is 10.4. The van der Waals surface area contributed by atoms with Crippen molar-refractivity contribution >= 4 is 5.91 Å². The maximum absolute atomic E-state index is 11.5. The zero-order valence-electron chi connectivity index (χ0n) is 9.86. The first-order chi connectivity index (χ1) is 7.58. The van der Waals surface area contributed by atoms with Gasteiger partial charge in [0.1, 0.15) is 5.75 Å². The molecule has 0 aliphatic heterocycles. The standard InChI is InChI=1S/C13H19NO2/c1-10(2)6-7-14-13(16)9-11-4-3-5-12(15)8-11/h3-5,8,10,15H,6-7,9H2,1-2H3,(H,14,16). The number of amides is 1. The van der Waals surface area contributed by atoms with E-state index in [1.807, 2.05) is 6.07 Å². The monoisotopic (exact) mass is 221 g/mol. The van der Waals surface area contributed by atoms with Gasteiger partial charge in [0.05, 0.1) is 6.42 Å². The fourth-order valence-electron chi connectivity index (χ4n) is 1.41. The summed E-state index contributed by atoms with van der Waals surface area (Å²) in [5, 5.41) is 12.1. The van der Waals surface area contributed by atoms with E-state index in [1.54, 1.807) is 18.2 Å². The first-order valence-electron chi connectivity index (χ1n) is 5.62. The van der Waals surface area contributed by atoms with Crippen molar-refractivity contribution in [1.82, 2.24) is 5.32 Å². The molecule has 1 aromatic carbocycles. The maximum atomic E-state index is 11.5. The molecule has 0 saturated heterocycles. The Morgan fingerprint density at radius 2 is 2.19 bits per heavy atom. The fraction of sp³-hybridized carbons (Fsp3) is 0.462. The first kappa shape index (κ1) is 12.6. The molecule has 0 atom stereocenters. The number of aromatic hydroxyl groups is 1. The van der Waals surface area contributed by atoms with Crippen LogP contribution in [0.3, 0.4) is 0 Å². The summed E-state index contributed by atoms with van der Waals surface area (Å²) < 4.78 is 0. The molecule has 0 unspecified atom stereocenters. The van der Waals surface area contributed by atoms with Crippen molar-refractivity contribution in [2.75, 3.05) is 6.54 Å². The molecule has 0 bridgehead atoms. The van der Waals surface area contributed by atoms with Gasteiger partial charge in [-0.05, 0) is 30.0 Å². The van der Waals surface area contributed by atoms with E-state index in [4.69, 9.17) is 0 Å². The van der Waals surface area contributed by atoms with Crippen molar-refractivity contribution in [3.63, 3.8) is 0 Å². The minimum Gasteiger partial charge on any atom is -0.508 e. The second-order valence-electron chi connectivity index (χ2n) is 4.38. The number of benzene rings is 1. The Bertz CT molecular complexity index is 348. The van der Waals surface area contributed by atoms with Gasteiger partial charge in [0, 0.05) is 6.54 Å². The van der Waals surface area contributed by atoms with E-state index in [1.165, 1.54) is 0 Å². The molecule has 88 valence electrons. The van der Waals surface area contributed by atoms with Gasteiger partial charge in [-0.2, -0.15) is 0 Å². The Morgan fingerprint density at radius 1 is 1.44 bits per heavy atom. The molecule has 1 aromatic rings. The first-order valence-corrected chi connectivity index (χ1v) is 5.62. The van der Waals surface area contributed by atoms with Gasteiger partial charge in [0.2, 0.25) is 5.91 Å². The third-order valence-electron chi connectivity index (χ3n) is 2.32. The van der Waals surface area contributed by atoms with Crippen LogP contribution in [-0.2, 0) is 11.2 Å². The van der Waals surface area contributed by atoms with Gasteiger partial charge < -0.3 is 10.4 Å². The Hall–Kier alpha value is -1.51. The van der Waals surface area contributed by atoms with E-state index in [0.29, 0.717) is 12.3 Å². The zero-order valence-corrected chi connectivity index (χ0v) is 9.86. The highest BCUT2D eigenvalue weighted by atomic mass is 16.3. The van der Waals surface area contributed by atoms with Crippen molar-refractivity contribution in [3.05, 3.63) is 29.8 Å². The summed E-state index contributed by atoms with van der Waals surface area (Å²) >= 11 is 0. The lowest BCUT2D eigenvalue weighted by Crippen LogP contribution is -2.26. The summed E-state index contributed by atoms with van der Waals surface area (Å²) in [6.45, 7) is 4.97. The van der Waals surface area contributed by atoms with Crippen LogP contribution in [0.1, 0.15) is 25.8 Å². The predicted octanol–water partition coefficient (Wildman–Crippen LogP) is 2.10. The van der Waals surface area contributed by atoms with Gasteiger partial charge in [0.25, 0.3) is 0 Å². The van der Waals surface area contributed by atoms with E-state index in [-0.39, 0.29) is 11.7 Å². The van der Waals surface area contributed by atoms with E-state index in [2.05, 4.69) is 19.2 Å². The minimum absolute atomic E-state index is 0.00579. The number of phenols is 1. The topological polar surface area (TPSA) is 49.3 Å². The van der Waals surface area contributed by atoms with Crippen LogP contribution in [0.15, 0.2) is 24.3 Å². The van der Waals surface area contributed by atoms with Crippen LogP contribution in [0.25, 0.3) is 0 Å². The Morgan fingerprint density at radius 3 is 2.81 bits per heavy atom. The molecule has 0 radical (unpaired) electrons. The molecule has 3 heteroatoms. The zero-order chi connectivity index (χ0) is 12.0. The van der Waals surface area contributed by atoms with Crippen LogP contribution in [-0.4, -0.2) is 17.6 Å². The average molecular weight is 221 g/mol. The number of phenolic OH excluding ortho intramolecular Hbond substituents is 1. The summed E-state index contributed by atoms with van der Waals surface area (Å²) in [5.41, 5.74) is 0.835. The van der Waals surface area contributed by atoms with Crippen molar-refractivity contribution in [2.45, 2.75) is 26.7 Å². The largest absolute Gasteiger partial charge is 0.508 e. The molecule has 0 aliphatic rings. The predicted molar refractivity (Wildman–Crippen MR) is 64.3 cm³/mol. The minimum atomic E-state index is 0.00579. The summed E-state index contributed by atoms with van der Waals surface area (Å²) in [6.07, 6.45) is 1.32. The lowest BCUT2D eigenvalue weighted by Gasteiger charge is -2.07. The highest BCUT2D eigenvalue weighted by molar-refractivity contribution is 5.78. The highest BCUT2D eigenvalue weighted by Crippen LogP contribution is 2.11. The second kappa shape index (κ2) is 6.16. The average Bonchev–Trinajstić information content (AvgIpc) is 2.16. The number of hydrogen-bond acceptors (Lipinski definition) is 2. The maximum Gasteiger partial charge on any atom is 0.224 e. The molecule has 0 spiro atoms. The van der Waals surface area contributed by atoms with E-state index in [0.717, 1.165) is 18.5 Å². The van der Waals surface area contributed by atoms with Crippen LogP contribution < -0.4 is 5.32 Å². The quantitative estimate of drug-likeness (QED) is 0.800. The summed E-state index contributed by atoms with van der Waals surface area (Å²) in [6, 6.07) is 6.79. The molecule has 1 amide bonds. The Labute approximate surface area is 96.5 Å². The molecule has 0 fully saturated rings. The van der Waals surface area contributed by atoms with Gasteiger partial charge in [-0.1, -0.05) is 26.0 Å². The molecule has 2 N–H and O–H groups in total. The lowest BCUT2D eigenvalue weighted by molar-refractivity contribution is -0.120. The van der Waals surface area contributed by atoms with Gasteiger partial charge >= 0.3 is 0 Å². The van der Waals surface area contributed by atoms with Crippen LogP contribution in [0, 0.1) is 5.92 Å². The van der Waals surface area contributed by atoms with Gasteiger partial charge in [-0.25, -0.2) is 0 Å². The van der Waals surface area contributed by atoms with Crippen LogP contribution in [0.5, 0.6) is 5.75 Å². The molecule has 0 aliphatic carbocycles. The summed E-state index contributed by atoms with van der Waals surface area (Å²) in [5.74, 6) is 0.805. The number of carbonyl (C=O) groups is 1. The molecule has 0 saturated carbocycles. The van der Waals surface area contributed by atoms with Crippen LogP contribution in [0.4, 0.5) is 0 Å². The highest BCUT2D eigenvalue weighted by Gasteiger charge is 2.03. The van der Waals surface area contributed by atoms with E-state index < -0.39 is 0 Å². The molecule has 0 heterocycles. The third-order valence-corrected chi connectivity index (χ3v) is 2.32. The van der Waals surface area contributed by atoms with Crippen molar-refractivity contribution in [3.8, 4) is 5.75 Å². The molecular weight excluding hydrogens is 202 g/mol. The van der Waals surface area contributed by atoms with Gasteiger partial charge in [0.15, 0.2) is 0 Å². The molecule has 1 rings (SSSR count). The molecule has 16 heavy (non-hydrogen) atoms. The van der Waals surface area contributed by atoms with E-state index in [9.17, 15) is 9.90 Å². The number of nitrogens with one attached hydrogen (secondary N) is 1. The smallest absolute Gasteiger partial charge is 0.224 e. The van der Waals surface area contributed by atoms with E-state index >= 15 is 0 Å². The lowest BCUT2D eigenvalue weighted by atomic mass is 10.1. The van der Waals surface area contributed by atoms with Crippen molar-refractivity contribution in [1.29, 1.82) is 0 Å². The number of rotatable bonds is 5. The Balaban J connectivity index is 2.34. The van der Waals surface area contributed by atoms with Crippen molar-refractivity contribution in [2.24, 2.45) is 5.92 Å². The number of carbonyl (C=O) groups excluding carboxylic acids is 1. The number of hydrogen-bond donors (Lipinski definition) is 2. The SMILES string of the molecule is CC(C)CCNC(=O)Cc1cccc(O)c1. The van der Waals surface area contributed by atoms with Crippen molar-refractivity contribution < 1.29 is 9.90 Å². The van der Waals surface area contributed by atoms with Gasteiger partial charge in [-0.3, -0.25) is 4.79 Å².